The van der Waals surface area contributed by atoms with Gasteiger partial charge in [0.15, 0.2) is 5.76 Å². The van der Waals surface area contributed by atoms with Crippen molar-refractivity contribution in [3.63, 3.8) is 0 Å². The van der Waals surface area contributed by atoms with Crippen LogP contribution in [-0.2, 0) is 208 Å². The van der Waals surface area contributed by atoms with Crippen molar-refractivity contribution in [3.8, 4) is 45.0 Å². The van der Waals surface area contributed by atoms with Crippen LogP contribution in [0.25, 0.3) is 77.4 Å². The smallest absolute Gasteiger partial charge is 0.282 e. The first-order valence-electron chi connectivity index (χ1n) is 45.0. The summed E-state index contributed by atoms with van der Waals surface area (Å²) in [7, 11) is 29.7. The van der Waals surface area contributed by atoms with Gasteiger partial charge in [0.1, 0.15) is 74.2 Å². The number of hydrogen-bond donors (Lipinski definition) is 5. The second kappa shape index (κ2) is 60.0. The summed E-state index contributed by atoms with van der Waals surface area (Å²) in [6.07, 6.45) is 8.61. The number of rotatable bonds is 19. The van der Waals surface area contributed by atoms with E-state index in [1.54, 1.807) is 122 Å². The van der Waals surface area contributed by atoms with Crippen LogP contribution in [0.3, 0.4) is 0 Å². The molecule has 13 aromatic rings. The summed E-state index contributed by atoms with van der Waals surface area (Å²) in [5.74, 6) is 8.73. The molecule has 30 nitrogen and oxygen atoms in total. The number of aliphatic hydroxyl groups is 2. The fraction of sp³-hybridized carbons (Fsp3) is 0.554. The Morgan fingerprint density at radius 2 is 0.831 bits per heavy atom. The van der Waals surface area contributed by atoms with Crippen LogP contribution in [0.1, 0.15) is 273 Å². The Bertz CT molecular complexity index is 6540. The predicted octanol–water partition coefficient (Wildman–Crippen LogP) is 20.8. The van der Waals surface area contributed by atoms with Crippen molar-refractivity contribution in [2.45, 2.75) is 326 Å². The van der Waals surface area contributed by atoms with Crippen molar-refractivity contribution in [3.05, 3.63) is 132 Å². The number of thiol groups is 1. The standard InChI is InChI=1S/C24H25N5O3.C17H15ClN4O2.2C13H22BNO3.C7H10BrNO.C7H11NO.C6H14O2.C3H7BO.2CH4.BHNS.S13/c1-7-16-22(18(8-2)32-29-16)23-21-14-10-19(30-6)15(20-11(3)28-31-12(20)4)9-17(14)27-24(21)26-13(5)25-23;1-7-14(8(2)24-22-7)11-5-12-10(6-13(11)23-4)15-16(18)19-9(3)20-17(15)21-12;2*1-7-9-11(10(8-2)16-15-9)14-17-12(3,4)13(5,6)18-14;1-3-5-7(8)6(4-2)10-9-5;1-3-6-5-7(4-2)9-8-6;1-5(2,7)6(3,4)8;1-3(2)5-4;;;1-2-3;1-3-5-7-9-11-13-12-10-8-6-4-2/h9-10H,7-8H2,1-6H3,(H,25,26,27);5-6H,1-4H3,(H,19,20,21);2*7-8H2,1-6H3;3-4H2,1-2H3;5H,3-4H2,1-2H3;7-8H,1-4H3;3H,1-2H3;2*1H4;3H;. The molecule has 0 amide bonds. The first-order valence-corrected chi connectivity index (χ1v) is 62.6. The number of ether oxygens (including phenoxy) is 2. The van der Waals surface area contributed by atoms with Gasteiger partial charge in [0.05, 0.1) is 125 Å². The van der Waals surface area contributed by atoms with Crippen molar-refractivity contribution < 1.29 is 74.6 Å². The Kier molecular flexibility index (Phi) is 54.2. The molecule has 0 aliphatic carbocycles. The van der Waals surface area contributed by atoms with Crippen molar-refractivity contribution in [2.24, 2.45) is 4.30 Å². The number of methoxy groups -OCH3 is 2. The molecule has 142 heavy (non-hydrogen) atoms. The van der Waals surface area contributed by atoms with Crippen LogP contribution >= 0.6 is 40.3 Å². The minimum absolute atomic E-state index is 0. The molecular formula is C92H135B4BrClN14O16S14. The molecule has 11 aromatic heterocycles. The van der Waals surface area contributed by atoms with E-state index in [1.165, 1.54) is 17.8 Å². The monoisotopic (exact) mass is 2300 g/mol. The Morgan fingerprint density at radius 3 is 1.14 bits per heavy atom. The third kappa shape index (κ3) is 34.0. The van der Waals surface area contributed by atoms with Crippen LogP contribution < -0.4 is 20.4 Å². The van der Waals surface area contributed by atoms with Crippen LogP contribution in [0.4, 0.5) is 0 Å². The largest absolute Gasteiger partial charge is 0.446 e. The SMILES string of the molecule is C.C.CC(C)(O)C(C)(C)O.CCc1cc(CC)on1.CCc1noc(CC)c1-c1nc(C)nc2[nH]c3cc(-c4c(C)noc4C)c(OC)cc3c12.CCc1noc(CC)c1B1OC(C)(C)C(C)(C)O1.CCc1noc(CC)c1B1OC(C)(C)C(C)(C)O1.CCc1noc(CC)c1Br.COc1cc2c(cc1-c1c(C)noc1C)[nH]c1nc(C)nc(Cl)c12.S=S=S=S=S=S=S=S=S=S=S=S=S.[B]=NS.[B]OC(C)C. The molecule has 0 saturated carbocycles. The molecular weight excluding hydrogens is 2160 g/mol. The summed E-state index contributed by atoms with van der Waals surface area (Å²) < 4.78 is 80.7. The summed E-state index contributed by atoms with van der Waals surface area (Å²) in [5.41, 5.74) is 13.9. The summed E-state index contributed by atoms with van der Waals surface area (Å²) in [6, 6.07) is 10.0. The number of H-pyrrole nitrogens is 2. The number of nitrogens with one attached hydrogen (secondary N) is 2. The number of aromatic nitrogens is 13. The minimum Gasteiger partial charge on any atom is -0.446 e. The van der Waals surface area contributed by atoms with Crippen LogP contribution in [0.15, 0.2) is 70.8 Å². The maximum absolute atomic E-state index is 9.10. The number of fused-ring (bicyclic) bond motifs is 6. The van der Waals surface area contributed by atoms with E-state index in [-0.39, 0.29) is 57.6 Å². The van der Waals surface area contributed by atoms with E-state index < -0.39 is 11.2 Å². The molecule has 15 rings (SSSR count). The van der Waals surface area contributed by atoms with Gasteiger partial charge in [-0.1, -0.05) is 132 Å². The molecule has 2 aliphatic heterocycles. The van der Waals surface area contributed by atoms with Gasteiger partial charge in [-0.2, -0.15) is 0 Å². The normalized spacial score (nSPS) is 13.3. The minimum atomic E-state index is -1.01. The van der Waals surface area contributed by atoms with Gasteiger partial charge in [0.25, 0.3) is 8.05 Å². The second-order valence-corrected chi connectivity index (χ2v) is 55.2. The van der Waals surface area contributed by atoms with E-state index in [2.05, 4.69) is 238 Å². The van der Waals surface area contributed by atoms with Crippen molar-refractivity contribution >= 4 is 245 Å². The van der Waals surface area contributed by atoms with Crippen LogP contribution in [0.5, 0.6) is 11.5 Å². The van der Waals surface area contributed by atoms with E-state index in [0.717, 1.165) is 243 Å². The molecule has 0 bridgehead atoms. The molecule has 779 valence electrons. The van der Waals surface area contributed by atoms with Gasteiger partial charge < -0.3 is 84.6 Å². The molecule has 13 heterocycles. The molecule has 0 spiro atoms. The van der Waals surface area contributed by atoms with E-state index in [1.807, 2.05) is 86.6 Å². The molecule has 0 atom stereocenters. The van der Waals surface area contributed by atoms with E-state index >= 15 is 0 Å². The van der Waals surface area contributed by atoms with Crippen molar-refractivity contribution in [1.82, 2.24) is 66.0 Å². The Morgan fingerprint density at radius 1 is 0.479 bits per heavy atom. The molecule has 2 fully saturated rings. The number of aromatic amines is 2. The predicted molar refractivity (Wildman–Crippen MR) is 616 cm³/mol. The first-order chi connectivity index (χ1) is 66.1. The van der Waals surface area contributed by atoms with Gasteiger partial charge in [-0.25, -0.2) is 19.9 Å². The quantitative estimate of drug-likeness (QED) is 0.0285. The Hall–Kier alpha value is -5.97. The fourth-order valence-electron chi connectivity index (χ4n) is 13.4. The second-order valence-electron chi connectivity index (χ2n) is 34.4. The zero-order valence-corrected chi connectivity index (χ0v) is 99.2. The first kappa shape index (κ1) is 128. The zero-order valence-electron chi connectivity index (χ0n) is 85.3. The summed E-state index contributed by atoms with van der Waals surface area (Å²) in [5, 5.41) is 50.6. The van der Waals surface area contributed by atoms with Crippen molar-refractivity contribution in [1.29, 1.82) is 0 Å². The molecule has 0 unspecified atom stereocenters. The molecule has 2 aliphatic rings. The number of benzene rings is 2. The molecule has 4 N–H and O–H groups in total. The Labute approximate surface area is 898 Å². The molecule has 50 heteroatoms. The maximum Gasteiger partial charge on any atom is 0.282 e. The van der Waals surface area contributed by atoms with Gasteiger partial charge in [-0.3, -0.25) is 0 Å². The summed E-state index contributed by atoms with van der Waals surface area (Å²) in [4.78, 5) is 25.0. The van der Waals surface area contributed by atoms with Crippen LogP contribution in [0, 0.1) is 41.5 Å². The van der Waals surface area contributed by atoms with Gasteiger partial charge in [0, 0.05) is 208 Å². The molecule has 2 saturated heterocycles. The van der Waals surface area contributed by atoms with Gasteiger partial charge in [-0.15, -0.1) is 0 Å². The van der Waals surface area contributed by atoms with E-state index in [9.17, 15) is 0 Å². The van der Waals surface area contributed by atoms with Crippen LogP contribution in [0.2, 0.25) is 5.15 Å². The number of nitrogens with zero attached hydrogens (tertiary/aromatic N) is 12. The zero-order chi connectivity index (χ0) is 105. The third-order valence-corrected chi connectivity index (χ3v) is 46.3. The van der Waals surface area contributed by atoms with Gasteiger partial charge in [0.2, 0.25) is 0 Å². The number of aryl methyl sites for hydroxylation is 16. The topological polar surface area (TPSA) is 383 Å². The average Bonchev–Trinajstić information content (AvgIpc) is 1.58. The molecule has 3 radical (unpaired) electrons. The number of hydrogen-bond acceptors (Lipinski definition) is 31. The molecule has 2 aromatic carbocycles. The summed E-state index contributed by atoms with van der Waals surface area (Å²) >= 11 is 22.3. The maximum atomic E-state index is 9.10. The van der Waals surface area contributed by atoms with Gasteiger partial charge in [-0.05, 0) is 211 Å². The van der Waals surface area contributed by atoms with E-state index in [0.29, 0.717) is 22.4 Å². The summed E-state index contributed by atoms with van der Waals surface area (Å²) in [6.45, 7) is 58.4. The van der Waals surface area contributed by atoms with Gasteiger partial charge >= 0.3 is 39.0 Å². The number of halogens is 2. The van der Waals surface area contributed by atoms with E-state index in [4.69, 9.17) is 109 Å². The fourth-order valence-corrected chi connectivity index (χ4v) is 39.1. The Balaban J connectivity index is 0.000000346. The van der Waals surface area contributed by atoms with Crippen molar-refractivity contribution in [2.75, 3.05) is 14.2 Å². The average molecular weight is 2300 g/mol. The third-order valence-electron chi connectivity index (χ3n) is 22.9. The van der Waals surface area contributed by atoms with Crippen LogP contribution in [-0.4, -0.2) is 160 Å².